The second kappa shape index (κ2) is 9.61. The van der Waals surface area contributed by atoms with Gasteiger partial charge in [-0.05, 0) is 48.6 Å². The molecule has 0 amide bonds. The van der Waals surface area contributed by atoms with Crippen molar-refractivity contribution in [2.45, 2.75) is 116 Å². The van der Waals surface area contributed by atoms with Crippen LogP contribution in [0.2, 0.25) is 0 Å². The van der Waals surface area contributed by atoms with Crippen LogP contribution in [-0.4, -0.2) is 75.3 Å². The molecule has 3 N–H and O–H groups in total. The van der Waals surface area contributed by atoms with Gasteiger partial charge in [0.1, 0.15) is 23.1 Å². The van der Waals surface area contributed by atoms with Crippen LogP contribution in [0.1, 0.15) is 79.7 Å². The summed E-state index contributed by atoms with van der Waals surface area (Å²) in [6.07, 6.45) is 1.86. The standard InChI is InChI=1S/C35H46O12/c1-17(2)24(38)23-25-29(4,14-19-9-12-43-16-19)10-11-33-31(6)20(13-22(37)42-8)30(5)15-21(31)34(41,27(30)44-18(3)36)28(45-26(23)39)35(25,33)47-32(7,40)46-33/h9,12,16-17,20-21,25,27-28,38,40-41H,10-11,13-15H2,1-8H3/b24-23-. The van der Waals surface area contributed by atoms with Gasteiger partial charge in [0.2, 0.25) is 0 Å². The summed E-state index contributed by atoms with van der Waals surface area (Å²) in [5, 5.41) is 37.0. The lowest BCUT2D eigenvalue weighted by atomic mass is 9.34. The molecule has 47 heavy (non-hydrogen) atoms. The minimum atomic E-state index is -2.23. The Kier molecular flexibility index (Phi) is 6.67. The third-order valence-corrected chi connectivity index (χ3v) is 13.3. The molecule has 6 fully saturated rings. The molecule has 6 aliphatic rings. The second-order valence-corrected chi connectivity index (χ2v) is 16.1. The quantitative estimate of drug-likeness (QED) is 0.175. The number of allylic oxidation sites excluding steroid dienone is 1. The monoisotopic (exact) mass is 658 g/mol. The first-order chi connectivity index (χ1) is 21.8. The summed E-state index contributed by atoms with van der Waals surface area (Å²) in [5.41, 5.74) is -7.38. The Balaban J connectivity index is 1.59. The van der Waals surface area contributed by atoms with E-state index in [9.17, 15) is 29.7 Å². The lowest BCUT2D eigenvalue weighted by Crippen LogP contribution is -2.89. The molecular formula is C35H46O12. The molecule has 12 unspecified atom stereocenters. The zero-order valence-corrected chi connectivity index (χ0v) is 28.2. The molecular weight excluding hydrogens is 612 g/mol. The molecule has 2 bridgehead atoms. The summed E-state index contributed by atoms with van der Waals surface area (Å²) in [6.45, 7) is 12.0. The zero-order chi connectivity index (χ0) is 34.3. The summed E-state index contributed by atoms with van der Waals surface area (Å²) in [5.74, 6) is -7.16. The molecule has 1 aromatic heterocycles. The number of carbonyl (C=O) groups excluding carboxylic acids is 3. The van der Waals surface area contributed by atoms with Crippen LogP contribution in [0.5, 0.6) is 0 Å². The summed E-state index contributed by atoms with van der Waals surface area (Å²) in [6, 6.07) is 1.83. The normalized spacial score (nSPS) is 50.1. The van der Waals surface area contributed by atoms with Crippen LogP contribution in [0, 0.1) is 39.9 Å². The fourth-order valence-electron chi connectivity index (χ4n) is 12.0. The maximum Gasteiger partial charge on any atom is 0.338 e. The number of carbonyl (C=O) groups is 3. The number of aliphatic hydroxyl groups is 3. The van der Waals surface area contributed by atoms with Crippen molar-refractivity contribution >= 4 is 17.9 Å². The van der Waals surface area contributed by atoms with Gasteiger partial charge in [0.25, 0.3) is 5.97 Å². The van der Waals surface area contributed by atoms with Gasteiger partial charge in [-0.2, -0.15) is 0 Å². The van der Waals surface area contributed by atoms with Crippen molar-refractivity contribution in [1.29, 1.82) is 0 Å². The van der Waals surface area contributed by atoms with Crippen LogP contribution >= 0.6 is 0 Å². The summed E-state index contributed by atoms with van der Waals surface area (Å²) in [7, 11) is 1.31. The molecule has 1 spiro atoms. The van der Waals surface area contributed by atoms with E-state index in [0.717, 1.165) is 5.56 Å². The number of hydrogen-bond donors (Lipinski definition) is 3. The van der Waals surface area contributed by atoms with Gasteiger partial charge >= 0.3 is 17.9 Å². The molecule has 4 saturated carbocycles. The number of furan rings is 1. The highest BCUT2D eigenvalue weighted by molar-refractivity contribution is 5.92. The molecule has 3 heterocycles. The molecule has 4 aliphatic carbocycles. The van der Waals surface area contributed by atoms with Crippen molar-refractivity contribution < 1.29 is 57.8 Å². The summed E-state index contributed by atoms with van der Waals surface area (Å²) < 4.78 is 36.5. The number of aliphatic hydroxyl groups excluding tert-OH is 1. The van der Waals surface area contributed by atoms with E-state index in [4.69, 9.17) is 28.1 Å². The fourth-order valence-corrected chi connectivity index (χ4v) is 12.0. The number of fused-ring (bicyclic) bond motifs is 2. The molecule has 12 heteroatoms. The number of ether oxygens (including phenoxy) is 5. The van der Waals surface area contributed by atoms with E-state index >= 15 is 0 Å². The van der Waals surface area contributed by atoms with E-state index in [1.165, 1.54) is 21.0 Å². The summed E-state index contributed by atoms with van der Waals surface area (Å²) in [4.78, 5) is 40.3. The lowest BCUT2D eigenvalue weighted by Gasteiger charge is -2.75. The Morgan fingerprint density at radius 3 is 2.40 bits per heavy atom. The van der Waals surface area contributed by atoms with Crippen molar-refractivity contribution in [3.05, 3.63) is 35.5 Å². The lowest BCUT2D eigenvalue weighted by molar-refractivity contribution is -0.377. The van der Waals surface area contributed by atoms with Crippen LogP contribution in [0.3, 0.4) is 0 Å². The highest BCUT2D eigenvalue weighted by atomic mass is 16.9. The summed E-state index contributed by atoms with van der Waals surface area (Å²) >= 11 is 0. The minimum absolute atomic E-state index is 0.00749. The van der Waals surface area contributed by atoms with E-state index in [0.29, 0.717) is 25.7 Å². The SMILES string of the molecule is COC(=O)CC1C2(C)CC3C(O)(C2OC(C)=O)C2OC(=O)/C(=C(\O)C(C)C)C4C(C)(Cc5ccoc5)CCC5(OC(C)(O)OC425)C13C. The fraction of sp³-hybridized carbons (Fsp3) is 0.743. The zero-order valence-electron chi connectivity index (χ0n) is 28.2. The smallest absolute Gasteiger partial charge is 0.338 e. The second-order valence-electron chi connectivity index (χ2n) is 16.1. The average molecular weight is 659 g/mol. The van der Waals surface area contributed by atoms with Crippen molar-refractivity contribution in [2.75, 3.05) is 7.11 Å². The minimum Gasteiger partial charge on any atom is -0.511 e. The Morgan fingerprint density at radius 1 is 1.11 bits per heavy atom. The van der Waals surface area contributed by atoms with Gasteiger partial charge in [-0.15, -0.1) is 0 Å². The highest BCUT2D eigenvalue weighted by Gasteiger charge is 2.96. The van der Waals surface area contributed by atoms with E-state index in [2.05, 4.69) is 0 Å². The number of methoxy groups -OCH3 is 1. The van der Waals surface area contributed by atoms with Gasteiger partial charge in [0.15, 0.2) is 11.7 Å². The van der Waals surface area contributed by atoms with Crippen LogP contribution in [0.15, 0.2) is 34.3 Å². The largest absolute Gasteiger partial charge is 0.511 e. The predicted molar refractivity (Wildman–Crippen MR) is 161 cm³/mol. The van der Waals surface area contributed by atoms with Gasteiger partial charge in [-0.3, -0.25) is 9.59 Å². The molecule has 2 saturated heterocycles. The Bertz CT molecular complexity index is 1560. The maximum absolute atomic E-state index is 14.4. The Labute approximate surface area is 273 Å². The number of rotatable bonds is 6. The van der Waals surface area contributed by atoms with E-state index < -0.39 is 92.8 Å². The van der Waals surface area contributed by atoms with Crippen LogP contribution < -0.4 is 0 Å². The van der Waals surface area contributed by atoms with E-state index in [1.54, 1.807) is 26.4 Å². The van der Waals surface area contributed by atoms with Crippen molar-refractivity contribution in [1.82, 2.24) is 0 Å². The van der Waals surface area contributed by atoms with E-state index in [1.807, 2.05) is 26.8 Å². The van der Waals surface area contributed by atoms with Crippen LogP contribution in [-0.2, 0) is 44.5 Å². The maximum atomic E-state index is 14.4. The first-order valence-electron chi connectivity index (χ1n) is 16.5. The van der Waals surface area contributed by atoms with Gasteiger partial charge in [0.05, 0.1) is 25.2 Å². The molecule has 0 radical (unpaired) electrons. The van der Waals surface area contributed by atoms with E-state index in [-0.39, 0.29) is 17.8 Å². The van der Waals surface area contributed by atoms with Crippen molar-refractivity contribution in [2.24, 2.45) is 39.9 Å². The van der Waals surface area contributed by atoms with Gasteiger partial charge in [-0.25, -0.2) is 4.79 Å². The van der Waals surface area contributed by atoms with Crippen LogP contribution in [0.25, 0.3) is 0 Å². The van der Waals surface area contributed by atoms with Gasteiger partial charge in [-0.1, -0.05) is 34.6 Å². The highest BCUT2D eigenvalue weighted by Crippen LogP contribution is 2.85. The molecule has 7 rings (SSSR count). The molecule has 2 aliphatic heterocycles. The third kappa shape index (κ3) is 3.65. The first-order valence-corrected chi connectivity index (χ1v) is 16.5. The number of hydrogen-bond acceptors (Lipinski definition) is 12. The molecule has 0 aromatic carbocycles. The molecule has 258 valence electrons. The number of esters is 3. The van der Waals surface area contributed by atoms with Crippen molar-refractivity contribution in [3.8, 4) is 0 Å². The molecule has 12 atom stereocenters. The average Bonchev–Trinajstić information content (AvgIpc) is 3.69. The molecule has 1 aromatic rings. The Morgan fingerprint density at radius 2 is 1.81 bits per heavy atom. The first kappa shape index (κ1) is 32.6. The molecule has 12 nitrogen and oxygen atoms in total. The third-order valence-electron chi connectivity index (χ3n) is 13.3. The predicted octanol–water partition coefficient (Wildman–Crippen LogP) is 3.72. The topological polar surface area (TPSA) is 171 Å². The van der Waals surface area contributed by atoms with Crippen LogP contribution in [0.4, 0.5) is 0 Å². The van der Waals surface area contributed by atoms with Gasteiger partial charge < -0.3 is 43.4 Å². The Hall–Kier alpha value is -2.93. The van der Waals surface area contributed by atoms with Gasteiger partial charge in [0, 0.05) is 48.9 Å². The van der Waals surface area contributed by atoms with Crippen molar-refractivity contribution in [3.63, 3.8) is 0 Å².